The molecular weight excluding hydrogens is 453 g/mol. The smallest absolute Gasteiger partial charge is 0.275 e. The number of nitrogens with one attached hydrogen (secondary N) is 1. The summed E-state index contributed by atoms with van der Waals surface area (Å²) in [6.45, 7) is -0.802. The van der Waals surface area contributed by atoms with E-state index in [4.69, 9.17) is 0 Å². The van der Waals surface area contributed by atoms with Crippen molar-refractivity contribution in [2.45, 2.75) is 43.9 Å². The molecule has 5 atom stereocenters. The molecule has 1 aliphatic carbocycles. The van der Waals surface area contributed by atoms with Crippen molar-refractivity contribution in [2.75, 3.05) is 0 Å². The zero-order valence-corrected chi connectivity index (χ0v) is 16.7. The molecule has 2 unspecified atom stereocenters. The van der Waals surface area contributed by atoms with Crippen molar-refractivity contribution in [3.05, 3.63) is 62.8 Å². The van der Waals surface area contributed by atoms with Crippen LogP contribution < -0.4 is 10.7 Å². The van der Waals surface area contributed by atoms with Crippen molar-refractivity contribution in [1.29, 1.82) is 0 Å². The van der Waals surface area contributed by atoms with E-state index in [1.807, 2.05) is 0 Å². The Morgan fingerprint density at radius 1 is 1.09 bits per heavy atom. The predicted octanol–water partition coefficient (Wildman–Crippen LogP) is 1.80. The number of alkyl halides is 2. The van der Waals surface area contributed by atoms with E-state index in [9.17, 15) is 41.4 Å². The second-order valence-electron chi connectivity index (χ2n) is 8.39. The van der Waals surface area contributed by atoms with E-state index < -0.39 is 94.2 Å². The molecule has 0 spiro atoms. The van der Waals surface area contributed by atoms with Crippen LogP contribution in [-0.4, -0.2) is 50.8 Å². The fraction of sp³-hybridized carbons (Fsp3) is 0.381. The molecule has 2 N–H and O–H groups in total. The zero-order chi connectivity index (χ0) is 23.8. The Morgan fingerprint density at radius 3 is 2.42 bits per heavy atom. The van der Waals surface area contributed by atoms with Crippen LogP contribution in [0.3, 0.4) is 0 Å². The summed E-state index contributed by atoms with van der Waals surface area (Å²) in [5, 5.41) is 12.5. The maximum atomic E-state index is 14.2. The number of halogens is 5. The number of piperidine rings is 1. The van der Waals surface area contributed by atoms with Crippen LogP contribution in [0.25, 0.3) is 0 Å². The predicted molar refractivity (Wildman–Crippen MR) is 101 cm³/mol. The molecule has 2 bridgehead atoms. The van der Waals surface area contributed by atoms with Crippen LogP contribution in [0.5, 0.6) is 5.75 Å². The number of rotatable bonds is 3. The van der Waals surface area contributed by atoms with Crippen molar-refractivity contribution >= 4 is 11.8 Å². The highest BCUT2D eigenvalue weighted by Crippen LogP contribution is 2.48. The second kappa shape index (κ2) is 7.29. The lowest BCUT2D eigenvalue weighted by Crippen LogP contribution is -2.58. The summed E-state index contributed by atoms with van der Waals surface area (Å²) in [5.74, 6) is -7.38. The van der Waals surface area contributed by atoms with Gasteiger partial charge in [0.25, 0.3) is 11.8 Å². The molecule has 33 heavy (non-hydrogen) atoms. The highest BCUT2D eigenvalue weighted by Gasteiger charge is 2.61. The normalized spacial score (nSPS) is 27.5. The number of aromatic hydroxyl groups is 1. The Morgan fingerprint density at radius 2 is 1.76 bits per heavy atom. The highest BCUT2D eigenvalue weighted by molar-refractivity contribution is 5.99. The number of carbonyl (C=O) groups excluding carboxylic acids is 2. The number of fused-ring (bicyclic) bond motifs is 6. The fourth-order valence-electron chi connectivity index (χ4n) is 5.11. The van der Waals surface area contributed by atoms with E-state index in [1.165, 1.54) is 0 Å². The maximum absolute atomic E-state index is 14.2. The van der Waals surface area contributed by atoms with Gasteiger partial charge in [0, 0.05) is 42.9 Å². The van der Waals surface area contributed by atoms with E-state index in [0.717, 1.165) is 15.7 Å². The first-order valence-corrected chi connectivity index (χ1v) is 10.1. The average molecular weight is 469 g/mol. The van der Waals surface area contributed by atoms with E-state index in [-0.39, 0.29) is 13.0 Å². The van der Waals surface area contributed by atoms with E-state index >= 15 is 0 Å². The fourth-order valence-corrected chi connectivity index (χ4v) is 5.11. The van der Waals surface area contributed by atoms with Gasteiger partial charge >= 0.3 is 0 Å². The van der Waals surface area contributed by atoms with Crippen LogP contribution in [0.4, 0.5) is 22.0 Å². The lowest BCUT2D eigenvalue weighted by Gasteiger charge is -2.42. The van der Waals surface area contributed by atoms with Crippen LogP contribution in [0.15, 0.2) is 23.1 Å². The maximum Gasteiger partial charge on any atom is 0.275 e. The first-order valence-electron chi connectivity index (χ1n) is 10.1. The molecule has 1 aromatic heterocycles. The molecule has 1 saturated heterocycles. The summed E-state index contributed by atoms with van der Waals surface area (Å²) in [6, 6.07) is -0.847. The highest BCUT2D eigenvalue weighted by atomic mass is 19.2. The van der Waals surface area contributed by atoms with Gasteiger partial charge in [0.05, 0.1) is 12.1 Å². The summed E-state index contributed by atoms with van der Waals surface area (Å²) >= 11 is 0. The third-order valence-electron chi connectivity index (χ3n) is 6.66. The molecule has 2 aromatic rings. The number of hydrogen-bond acceptors (Lipinski definition) is 4. The van der Waals surface area contributed by atoms with E-state index in [2.05, 4.69) is 5.32 Å². The number of benzene rings is 1. The number of aromatic nitrogens is 1. The molecule has 12 heteroatoms. The van der Waals surface area contributed by atoms with Gasteiger partial charge in [-0.1, -0.05) is 0 Å². The van der Waals surface area contributed by atoms with Crippen molar-refractivity contribution in [3.63, 3.8) is 0 Å². The Bertz CT molecular complexity index is 1240. The van der Waals surface area contributed by atoms with Crippen LogP contribution in [0.2, 0.25) is 0 Å². The third-order valence-corrected chi connectivity index (χ3v) is 6.66. The second-order valence-corrected chi connectivity index (χ2v) is 8.39. The number of hydrogen-bond donors (Lipinski definition) is 2. The van der Waals surface area contributed by atoms with Gasteiger partial charge in [0.15, 0.2) is 17.6 Å². The number of nitrogens with zero attached hydrogens (tertiary/aromatic N) is 2. The number of amides is 2. The molecule has 3 heterocycles. The van der Waals surface area contributed by atoms with Gasteiger partial charge in [0.1, 0.15) is 29.2 Å². The lowest BCUT2D eigenvalue weighted by molar-refractivity contribution is 0.00144. The Kier molecular flexibility index (Phi) is 4.73. The molecule has 1 saturated carbocycles. The molecule has 0 radical (unpaired) electrons. The molecule has 7 nitrogen and oxygen atoms in total. The van der Waals surface area contributed by atoms with Gasteiger partial charge in [-0.15, -0.1) is 0 Å². The lowest BCUT2D eigenvalue weighted by atomic mass is 9.93. The molecule has 2 fully saturated rings. The minimum absolute atomic E-state index is 0.0787. The van der Waals surface area contributed by atoms with Gasteiger partial charge < -0.3 is 19.9 Å². The largest absolute Gasteiger partial charge is 0.503 e. The van der Waals surface area contributed by atoms with Crippen molar-refractivity contribution in [2.24, 2.45) is 5.92 Å². The minimum Gasteiger partial charge on any atom is -0.503 e. The van der Waals surface area contributed by atoms with Gasteiger partial charge in [-0.2, -0.15) is 0 Å². The van der Waals surface area contributed by atoms with Gasteiger partial charge in [-0.05, 0) is 6.42 Å². The standard InChI is InChI=1S/C21H16F5N3O4/c22-7-1-11(23)9(12(24)2-7)4-27-20(32)10-5-28-6-14-8-3-13(16(26)15(8)25)29(14)21(33)17(28)19(31)18(10)30/h1-2,5,8,13-16,31H,3-4,6H2,(H,27,32)/t8-,13-,14-,15?,16?/m0/s1. The van der Waals surface area contributed by atoms with Gasteiger partial charge in [0.2, 0.25) is 5.43 Å². The monoisotopic (exact) mass is 469 g/mol. The van der Waals surface area contributed by atoms with Crippen molar-refractivity contribution < 1.29 is 36.6 Å². The van der Waals surface area contributed by atoms with Crippen LogP contribution >= 0.6 is 0 Å². The summed E-state index contributed by atoms with van der Waals surface area (Å²) in [4.78, 5) is 39.2. The molecular formula is C21H16F5N3O4. The number of carbonyl (C=O) groups is 2. The number of pyridine rings is 1. The Labute approximate surface area is 182 Å². The molecule has 1 aromatic carbocycles. The molecule has 2 aliphatic heterocycles. The minimum atomic E-state index is -1.85. The molecule has 174 valence electrons. The summed E-state index contributed by atoms with van der Waals surface area (Å²) in [6.07, 6.45) is -2.50. The van der Waals surface area contributed by atoms with Crippen LogP contribution in [-0.2, 0) is 13.1 Å². The average Bonchev–Trinajstić information content (AvgIpc) is 3.26. The van der Waals surface area contributed by atoms with Gasteiger partial charge in [-0.3, -0.25) is 14.4 Å². The van der Waals surface area contributed by atoms with E-state index in [1.54, 1.807) is 0 Å². The SMILES string of the molecule is O=C(NCc1c(F)cc(F)cc1F)c1cn2c(c(O)c1=O)C(=O)N1[C@H]3C[C@H](C(F)C3F)[C@@H]1C2. The van der Waals surface area contributed by atoms with Crippen LogP contribution in [0.1, 0.15) is 32.8 Å². The van der Waals surface area contributed by atoms with Crippen molar-refractivity contribution in [1.82, 2.24) is 14.8 Å². The third kappa shape index (κ3) is 3.03. The summed E-state index contributed by atoms with van der Waals surface area (Å²) in [7, 11) is 0. The molecule has 5 rings (SSSR count). The molecule has 2 amide bonds. The van der Waals surface area contributed by atoms with Crippen molar-refractivity contribution in [3.8, 4) is 5.75 Å². The molecule has 3 aliphatic rings. The quantitative estimate of drug-likeness (QED) is 0.671. The van der Waals surface area contributed by atoms with E-state index in [0.29, 0.717) is 12.1 Å². The topological polar surface area (TPSA) is 91.6 Å². The summed E-state index contributed by atoms with van der Waals surface area (Å²) in [5.41, 5.74) is -2.92. The van der Waals surface area contributed by atoms with Gasteiger partial charge in [-0.25, -0.2) is 22.0 Å². The Balaban J connectivity index is 1.45. The first-order chi connectivity index (χ1) is 15.6. The van der Waals surface area contributed by atoms with Crippen LogP contribution in [0, 0.1) is 23.4 Å². The first kappa shape index (κ1) is 21.4. The zero-order valence-electron chi connectivity index (χ0n) is 16.7. The Hall–Kier alpha value is -3.44. The summed E-state index contributed by atoms with van der Waals surface area (Å²) < 4.78 is 70.1.